The summed E-state index contributed by atoms with van der Waals surface area (Å²) in [5.74, 6) is 0.946. The third-order valence-corrected chi connectivity index (χ3v) is 3.26. The van der Waals surface area contributed by atoms with E-state index in [1.807, 2.05) is 0 Å². The van der Waals surface area contributed by atoms with E-state index in [1.54, 1.807) is 7.11 Å². The molecule has 0 amide bonds. The van der Waals surface area contributed by atoms with Crippen molar-refractivity contribution in [3.8, 4) is 0 Å². The molecule has 1 aliphatic rings. The molecule has 90 valence electrons. The van der Waals surface area contributed by atoms with Crippen LogP contribution in [0.4, 0.5) is 0 Å². The van der Waals surface area contributed by atoms with Gasteiger partial charge in [0.25, 0.3) is 0 Å². The molecule has 1 fully saturated rings. The van der Waals surface area contributed by atoms with Gasteiger partial charge in [0.05, 0.1) is 0 Å². The lowest BCUT2D eigenvalue weighted by Crippen LogP contribution is -2.39. The lowest BCUT2D eigenvalue weighted by molar-refractivity contribution is 0.177. The Balaban J connectivity index is 1.99. The number of hydrogen-bond donors (Lipinski definition) is 1. The highest BCUT2D eigenvalue weighted by Gasteiger charge is 2.19. The number of hydrogen-bond acceptors (Lipinski definition) is 3. The second kappa shape index (κ2) is 7.20. The van der Waals surface area contributed by atoms with Crippen LogP contribution in [-0.4, -0.2) is 44.8 Å². The van der Waals surface area contributed by atoms with Gasteiger partial charge in [-0.05, 0) is 38.6 Å². The van der Waals surface area contributed by atoms with Crippen LogP contribution in [-0.2, 0) is 4.74 Å². The van der Waals surface area contributed by atoms with Crippen molar-refractivity contribution in [2.75, 3.05) is 33.9 Å². The highest BCUT2D eigenvalue weighted by molar-refractivity contribution is 4.74. The van der Waals surface area contributed by atoms with E-state index in [9.17, 15) is 0 Å². The first-order chi connectivity index (χ1) is 7.22. The third-order valence-electron chi connectivity index (χ3n) is 3.26. The van der Waals surface area contributed by atoms with Crippen molar-refractivity contribution in [2.24, 2.45) is 11.7 Å². The van der Waals surface area contributed by atoms with Crippen LogP contribution < -0.4 is 5.73 Å². The minimum atomic E-state index is 0.310. The molecular formula is C12H26N2O. The standard InChI is InChI=1S/C12H26N2O/c1-14(9-11-5-3-6-11)10-12(13)7-4-8-15-2/h11-12H,3-10,13H2,1-2H3. The van der Waals surface area contributed by atoms with E-state index < -0.39 is 0 Å². The Bertz CT molecular complexity index is 160. The molecule has 0 aromatic rings. The molecule has 0 heterocycles. The Morgan fingerprint density at radius 2 is 2.20 bits per heavy atom. The van der Waals surface area contributed by atoms with Crippen molar-refractivity contribution in [3.63, 3.8) is 0 Å². The summed E-state index contributed by atoms with van der Waals surface area (Å²) in [5.41, 5.74) is 6.05. The monoisotopic (exact) mass is 214 g/mol. The summed E-state index contributed by atoms with van der Waals surface area (Å²) >= 11 is 0. The van der Waals surface area contributed by atoms with Crippen LogP contribution in [0.25, 0.3) is 0 Å². The van der Waals surface area contributed by atoms with E-state index in [1.165, 1.54) is 25.8 Å². The molecule has 0 aromatic carbocycles. The molecule has 3 nitrogen and oxygen atoms in total. The number of nitrogens with two attached hydrogens (primary N) is 1. The summed E-state index contributed by atoms with van der Waals surface area (Å²) in [6.07, 6.45) is 6.42. The van der Waals surface area contributed by atoms with Crippen LogP contribution in [0.3, 0.4) is 0 Å². The van der Waals surface area contributed by atoms with Crippen LogP contribution >= 0.6 is 0 Å². The second-order valence-corrected chi connectivity index (χ2v) is 4.91. The van der Waals surface area contributed by atoms with Gasteiger partial charge in [-0.25, -0.2) is 0 Å². The molecule has 0 radical (unpaired) electrons. The normalized spacial score (nSPS) is 19.2. The van der Waals surface area contributed by atoms with Gasteiger partial charge in [0, 0.05) is 32.8 Å². The van der Waals surface area contributed by atoms with Crippen molar-refractivity contribution in [3.05, 3.63) is 0 Å². The van der Waals surface area contributed by atoms with Crippen molar-refractivity contribution in [1.29, 1.82) is 0 Å². The number of methoxy groups -OCH3 is 1. The zero-order valence-electron chi connectivity index (χ0n) is 10.2. The minimum absolute atomic E-state index is 0.310. The maximum atomic E-state index is 6.05. The number of rotatable bonds is 8. The van der Waals surface area contributed by atoms with E-state index in [4.69, 9.17) is 10.5 Å². The van der Waals surface area contributed by atoms with Gasteiger partial charge >= 0.3 is 0 Å². The Hall–Kier alpha value is -0.120. The maximum absolute atomic E-state index is 6.05. The van der Waals surface area contributed by atoms with Crippen molar-refractivity contribution < 1.29 is 4.74 Å². The van der Waals surface area contributed by atoms with E-state index in [0.29, 0.717) is 6.04 Å². The smallest absolute Gasteiger partial charge is 0.0462 e. The highest BCUT2D eigenvalue weighted by Crippen LogP contribution is 2.26. The molecule has 0 spiro atoms. The van der Waals surface area contributed by atoms with Gasteiger partial charge in [0.2, 0.25) is 0 Å². The van der Waals surface area contributed by atoms with Crippen LogP contribution in [0.15, 0.2) is 0 Å². The predicted molar refractivity (Wildman–Crippen MR) is 63.9 cm³/mol. The summed E-state index contributed by atoms with van der Waals surface area (Å²) in [6, 6.07) is 0.310. The lowest BCUT2D eigenvalue weighted by Gasteiger charge is -2.31. The third kappa shape index (κ3) is 5.50. The number of likely N-dealkylation sites (N-methyl/N-ethyl adjacent to an activating group) is 1. The van der Waals surface area contributed by atoms with Gasteiger partial charge in [-0.2, -0.15) is 0 Å². The Morgan fingerprint density at radius 3 is 2.73 bits per heavy atom. The van der Waals surface area contributed by atoms with Crippen LogP contribution in [0, 0.1) is 5.92 Å². The summed E-state index contributed by atoms with van der Waals surface area (Å²) in [5, 5.41) is 0. The summed E-state index contributed by atoms with van der Waals surface area (Å²) in [4.78, 5) is 2.39. The topological polar surface area (TPSA) is 38.5 Å². The maximum Gasteiger partial charge on any atom is 0.0462 e. The first-order valence-corrected chi connectivity index (χ1v) is 6.15. The molecule has 2 N–H and O–H groups in total. The van der Waals surface area contributed by atoms with E-state index in [2.05, 4.69) is 11.9 Å². The van der Waals surface area contributed by atoms with Gasteiger partial charge in [0.1, 0.15) is 0 Å². The molecule has 0 aliphatic heterocycles. The average molecular weight is 214 g/mol. The molecule has 1 rings (SSSR count). The number of nitrogens with zero attached hydrogens (tertiary/aromatic N) is 1. The molecule has 15 heavy (non-hydrogen) atoms. The predicted octanol–water partition coefficient (Wildman–Crippen LogP) is 1.47. The fourth-order valence-corrected chi connectivity index (χ4v) is 2.17. The van der Waals surface area contributed by atoms with Crippen molar-refractivity contribution >= 4 is 0 Å². The summed E-state index contributed by atoms with van der Waals surface area (Å²) < 4.78 is 5.02. The van der Waals surface area contributed by atoms with E-state index in [-0.39, 0.29) is 0 Å². The Labute approximate surface area is 94.0 Å². The molecule has 1 aliphatic carbocycles. The first-order valence-electron chi connectivity index (χ1n) is 6.15. The van der Waals surface area contributed by atoms with Gasteiger partial charge in [-0.3, -0.25) is 0 Å². The zero-order valence-corrected chi connectivity index (χ0v) is 10.2. The van der Waals surface area contributed by atoms with Gasteiger partial charge < -0.3 is 15.4 Å². The molecule has 1 atom stereocenters. The zero-order chi connectivity index (χ0) is 11.1. The summed E-state index contributed by atoms with van der Waals surface area (Å²) in [7, 11) is 3.93. The van der Waals surface area contributed by atoms with Crippen LogP contribution in [0.5, 0.6) is 0 Å². The average Bonchev–Trinajstić information content (AvgIpc) is 2.12. The lowest BCUT2D eigenvalue weighted by atomic mass is 9.85. The molecule has 0 saturated heterocycles. The highest BCUT2D eigenvalue weighted by atomic mass is 16.5. The van der Waals surface area contributed by atoms with Crippen molar-refractivity contribution in [1.82, 2.24) is 4.90 Å². The van der Waals surface area contributed by atoms with E-state index >= 15 is 0 Å². The minimum Gasteiger partial charge on any atom is -0.385 e. The molecule has 3 heteroatoms. The fourth-order valence-electron chi connectivity index (χ4n) is 2.17. The van der Waals surface area contributed by atoms with E-state index in [0.717, 1.165) is 31.9 Å². The SMILES string of the molecule is COCCCC(N)CN(C)CC1CCC1. The van der Waals surface area contributed by atoms with Crippen LogP contribution in [0.2, 0.25) is 0 Å². The molecule has 0 aromatic heterocycles. The fraction of sp³-hybridized carbons (Fsp3) is 1.00. The summed E-state index contributed by atoms with van der Waals surface area (Å²) in [6.45, 7) is 3.10. The molecule has 1 unspecified atom stereocenters. The largest absolute Gasteiger partial charge is 0.385 e. The Kier molecular flexibility index (Phi) is 6.22. The van der Waals surface area contributed by atoms with Gasteiger partial charge in [-0.1, -0.05) is 6.42 Å². The van der Waals surface area contributed by atoms with Crippen molar-refractivity contribution in [2.45, 2.75) is 38.1 Å². The van der Waals surface area contributed by atoms with Crippen LogP contribution in [0.1, 0.15) is 32.1 Å². The quantitative estimate of drug-likeness (QED) is 0.622. The Morgan fingerprint density at radius 1 is 1.47 bits per heavy atom. The first kappa shape index (κ1) is 12.9. The molecule has 0 bridgehead atoms. The van der Waals surface area contributed by atoms with Gasteiger partial charge in [0.15, 0.2) is 0 Å². The number of ether oxygens (including phenoxy) is 1. The van der Waals surface area contributed by atoms with Gasteiger partial charge in [-0.15, -0.1) is 0 Å². The molecular weight excluding hydrogens is 188 g/mol. The molecule has 1 saturated carbocycles. The second-order valence-electron chi connectivity index (χ2n) is 4.91.